The van der Waals surface area contributed by atoms with Crippen LogP contribution in [-0.4, -0.2) is 34.4 Å². The summed E-state index contributed by atoms with van der Waals surface area (Å²) in [6.45, 7) is 1.98. The summed E-state index contributed by atoms with van der Waals surface area (Å²) in [6, 6.07) is 32.5. The molecule has 8 nitrogen and oxygen atoms in total. The molecule has 4 N–H and O–H groups in total. The van der Waals surface area contributed by atoms with Crippen LogP contribution >= 0.6 is 11.8 Å². The van der Waals surface area contributed by atoms with Gasteiger partial charge >= 0.3 is 6.03 Å². The maximum Gasteiger partial charge on any atom is 0.315 e. The Labute approximate surface area is 316 Å². The average Bonchev–Trinajstić information content (AvgIpc) is 3.16. The van der Waals surface area contributed by atoms with Gasteiger partial charge in [0.15, 0.2) is 6.29 Å². The minimum Gasteiger partial charge on any atom is -0.392 e. The zero-order valence-corrected chi connectivity index (χ0v) is 31.1. The second-order valence-electron chi connectivity index (χ2n) is 15.7. The summed E-state index contributed by atoms with van der Waals surface area (Å²) < 4.78 is 13.2. The Balaban J connectivity index is 0.914. The zero-order valence-electron chi connectivity index (χ0n) is 30.3. The third kappa shape index (κ3) is 8.65. The van der Waals surface area contributed by atoms with Crippen LogP contribution in [0.1, 0.15) is 86.5 Å². The van der Waals surface area contributed by atoms with Gasteiger partial charge in [0.1, 0.15) is 0 Å². The van der Waals surface area contributed by atoms with Crippen LogP contribution < -0.4 is 16.0 Å². The fourth-order valence-corrected chi connectivity index (χ4v) is 10.4. The monoisotopic (exact) mass is 731 g/mol. The number of carbonyl (C=O) groups excluding carboxylic acids is 2. The van der Waals surface area contributed by atoms with E-state index >= 15 is 0 Å². The number of hydrogen-bond donors (Lipinski definition) is 4. The van der Waals surface area contributed by atoms with Gasteiger partial charge in [0, 0.05) is 47.3 Å². The van der Waals surface area contributed by atoms with Crippen molar-refractivity contribution in [3.63, 3.8) is 0 Å². The molecular weight excluding hydrogens is 683 g/mol. The molecule has 276 valence electrons. The Morgan fingerprint density at radius 3 is 2.11 bits per heavy atom. The van der Waals surface area contributed by atoms with Crippen LogP contribution in [0.25, 0.3) is 11.1 Å². The van der Waals surface area contributed by atoms with Crippen LogP contribution in [-0.2, 0) is 27.4 Å². The maximum absolute atomic E-state index is 13.1. The lowest BCUT2D eigenvalue weighted by Crippen LogP contribution is -2.61. The lowest BCUT2D eigenvalue weighted by molar-refractivity contribution is -0.245. The zero-order chi connectivity index (χ0) is 36.4. The SMILES string of the molecule is CC(=O)Nc1ccc(SCC2CC(c3ccc(CO)cc3)OC(c3ccc(-c4cccc(CNC(=O)NC56CC7CC(CC(C7)C5)C6)c4)cc3)O2)cc1. The van der Waals surface area contributed by atoms with Gasteiger partial charge in [-0.1, -0.05) is 66.7 Å². The highest BCUT2D eigenvalue weighted by Gasteiger charge is 2.51. The Morgan fingerprint density at radius 2 is 1.45 bits per heavy atom. The van der Waals surface area contributed by atoms with E-state index in [0.29, 0.717) is 13.0 Å². The number of ether oxygens (including phenoxy) is 2. The molecule has 4 bridgehead atoms. The number of rotatable bonds is 11. The number of amides is 3. The summed E-state index contributed by atoms with van der Waals surface area (Å²) in [4.78, 5) is 25.6. The van der Waals surface area contributed by atoms with Gasteiger partial charge in [0.25, 0.3) is 0 Å². The van der Waals surface area contributed by atoms with E-state index in [1.165, 1.54) is 26.2 Å². The Hall–Kier alpha value is -4.15. The summed E-state index contributed by atoms with van der Waals surface area (Å²) in [7, 11) is 0. The number of nitrogens with one attached hydrogen (secondary N) is 3. The molecule has 0 aromatic heterocycles. The van der Waals surface area contributed by atoms with Gasteiger partial charge in [-0.25, -0.2) is 4.79 Å². The molecule has 5 aliphatic rings. The van der Waals surface area contributed by atoms with Crippen LogP contribution in [0.15, 0.2) is 102 Å². The van der Waals surface area contributed by atoms with Crippen molar-refractivity contribution in [2.24, 2.45) is 17.8 Å². The van der Waals surface area contributed by atoms with E-state index < -0.39 is 6.29 Å². The van der Waals surface area contributed by atoms with Gasteiger partial charge in [0.05, 0.1) is 18.8 Å². The number of aliphatic hydroxyl groups is 1. The molecule has 1 heterocycles. The molecule has 3 amide bonds. The fraction of sp³-hybridized carbons (Fsp3) is 0.409. The Kier molecular flexibility index (Phi) is 10.6. The van der Waals surface area contributed by atoms with Crippen molar-refractivity contribution < 1.29 is 24.2 Å². The first-order chi connectivity index (χ1) is 25.8. The molecule has 0 radical (unpaired) electrons. The van der Waals surface area contributed by atoms with Crippen LogP contribution in [0.4, 0.5) is 10.5 Å². The number of benzene rings is 4. The highest BCUT2D eigenvalue weighted by molar-refractivity contribution is 7.99. The second-order valence-corrected chi connectivity index (χ2v) is 16.8. The smallest absolute Gasteiger partial charge is 0.315 e. The van der Waals surface area contributed by atoms with Crippen molar-refractivity contribution in [2.45, 2.75) is 94.0 Å². The van der Waals surface area contributed by atoms with Crippen LogP contribution in [0.2, 0.25) is 0 Å². The molecule has 0 spiro atoms. The molecule has 9 heteroatoms. The molecule has 4 aromatic carbocycles. The Morgan fingerprint density at radius 1 is 0.774 bits per heavy atom. The van der Waals surface area contributed by atoms with Crippen molar-refractivity contribution in [3.8, 4) is 11.1 Å². The van der Waals surface area contributed by atoms with Gasteiger partial charge in [-0.05, 0) is 114 Å². The minimum atomic E-state index is -0.545. The topological polar surface area (TPSA) is 109 Å². The van der Waals surface area contributed by atoms with Gasteiger partial charge in [-0.3, -0.25) is 4.79 Å². The summed E-state index contributed by atoms with van der Waals surface area (Å²) in [5.74, 6) is 3.02. The van der Waals surface area contributed by atoms with Crippen molar-refractivity contribution >= 4 is 29.4 Å². The van der Waals surface area contributed by atoms with E-state index in [0.717, 1.165) is 86.7 Å². The first-order valence-corrected chi connectivity index (χ1v) is 20.0. The molecule has 53 heavy (non-hydrogen) atoms. The van der Waals surface area contributed by atoms with E-state index in [4.69, 9.17) is 9.47 Å². The molecule has 4 aromatic rings. The van der Waals surface area contributed by atoms with Gasteiger partial charge in [0.2, 0.25) is 5.91 Å². The molecule has 1 saturated heterocycles. The predicted molar refractivity (Wildman–Crippen MR) is 208 cm³/mol. The first-order valence-electron chi connectivity index (χ1n) is 19.0. The average molecular weight is 732 g/mol. The van der Waals surface area contributed by atoms with E-state index in [9.17, 15) is 14.7 Å². The van der Waals surface area contributed by atoms with Crippen LogP contribution in [0.3, 0.4) is 0 Å². The number of hydrogen-bond acceptors (Lipinski definition) is 6. The molecule has 5 fully saturated rings. The molecule has 4 aliphatic carbocycles. The van der Waals surface area contributed by atoms with Crippen molar-refractivity contribution in [3.05, 3.63) is 119 Å². The van der Waals surface area contributed by atoms with Crippen molar-refractivity contribution in [1.29, 1.82) is 0 Å². The van der Waals surface area contributed by atoms with E-state index in [1.807, 2.05) is 54.6 Å². The highest BCUT2D eigenvalue weighted by Crippen LogP contribution is 2.55. The van der Waals surface area contributed by atoms with E-state index in [-0.39, 0.29) is 36.3 Å². The van der Waals surface area contributed by atoms with Crippen molar-refractivity contribution in [1.82, 2.24) is 10.6 Å². The maximum atomic E-state index is 13.1. The third-order valence-electron chi connectivity index (χ3n) is 11.5. The number of anilines is 1. The minimum absolute atomic E-state index is 0.000301. The largest absolute Gasteiger partial charge is 0.392 e. The third-order valence-corrected chi connectivity index (χ3v) is 12.7. The predicted octanol–water partition coefficient (Wildman–Crippen LogP) is 8.91. The first kappa shape index (κ1) is 35.9. The number of thioether (sulfide) groups is 1. The van der Waals surface area contributed by atoms with E-state index in [1.54, 1.807) is 11.8 Å². The number of carbonyl (C=O) groups is 2. The number of aliphatic hydroxyl groups excluding tert-OH is 1. The van der Waals surface area contributed by atoms with Crippen LogP contribution in [0.5, 0.6) is 0 Å². The molecular formula is C44H49N3O5S. The molecule has 3 atom stereocenters. The molecule has 3 unspecified atom stereocenters. The Bertz CT molecular complexity index is 1860. The quantitative estimate of drug-likeness (QED) is 0.115. The molecule has 1 aliphatic heterocycles. The summed E-state index contributed by atoms with van der Waals surface area (Å²) in [5, 5.41) is 19.0. The second kappa shape index (κ2) is 15.7. The van der Waals surface area contributed by atoms with Gasteiger partial charge in [-0.2, -0.15) is 0 Å². The fourth-order valence-electron chi connectivity index (χ4n) is 9.47. The summed E-state index contributed by atoms with van der Waals surface area (Å²) >= 11 is 1.72. The normalized spacial score (nSPS) is 27.3. The van der Waals surface area contributed by atoms with Gasteiger partial charge in [-0.15, -0.1) is 11.8 Å². The van der Waals surface area contributed by atoms with Crippen molar-refractivity contribution in [2.75, 3.05) is 11.1 Å². The highest BCUT2D eigenvalue weighted by atomic mass is 32.2. The van der Waals surface area contributed by atoms with E-state index in [2.05, 4.69) is 58.4 Å². The molecule has 4 saturated carbocycles. The van der Waals surface area contributed by atoms with Crippen LogP contribution in [0, 0.1) is 17.8 Å². The summed E-state index contributed by atoms with van der Waals surface area (Å²) in [6.07, 6.45) is 7.42. The number of urea groups is 1. The lowest BCUT2D eigenvalue weighted by Gasteiger charge is -2.56. The summed E-state index contributed by atoms with van der Waals surface area (Å²) in [5.41, 5.74) is 6.86. The molecule has 9 rings (SSSR count). The lowest BCUT2D eigenvalue weighted by atomic mass is 9.53. The standard InChI is InChI=1S/C44H49N3O5S/c1-28(49)46-38-13-15-40(16-14-38)53-27-39-21-41(35-7-5-29(26-48)6-8-35)52-42(51-39)36-11-9-34(10-12-36)37-4-2-3-30(20-37)25-45-43(50)47-44-22-31-17-32(23-44)19-33(18-31)24-44/h2-16,20,31-33,39,41-42,48H,17-19,21-27H2,1H3,(H,46,49)(H2,45,47,50). The van der Waals surface area contributed by atoms with Gasteiger partial charge < -0.3 is 30.5 Å².